The van der Waals surface area contributed by atoms with Gasteiger partial charge in [-0.3, -0.25) is 4.79 Å². The maximum Gasteiger partial charge on any atom is 0.337 e. The van der Waals surface area contributed by atoms with Gasteiger partial charge in [0.05, 0.1) is 24.8 Å². The number of likely N-dealkylation sites (tertiary alicyclic amines) is 1. The summed E-state index contributed by atoms with van der Waals surface area (Å²) in [7, 11) is 1.29. The van der Waals surface area contributed by atoms with Crippen LogP contribution in [0.25, 0.3) is 0 Å². The van der Waals surface area contributed by atoms with Gasteiger partial charge in [-0.2, -0.15) is 8.78 Å². The highest BCUT2D eigenvalue weighted by Gasteiger charge is 2.52. The Balaban J connectivity index is 2.04. The number of carbonyl (C=O) groups is 2. The van der Waals surface area contributed by atoms with E-state index in [9.17, 15) is 23.5 Å². The van der Waals surface area contributed by atoms with Crippen LogP contribution in [0.3, 0.4) is 0 Å². The van der Waals surface area contributed by atoms with Gasteiger partial charge in [-0.1, -0.05) is 38.1 Å². The Morgan fingerprint density at radius 3 is 2.65 bits per heavy atom. The van der Waals surface area contributed by atoms with Gasteiger partial charge in [-0.05, 0) is 30.0 Å². The third kappa shape index (κ3) is 6.63. The zero-order valence-electron chi connectivity index (χ0n) is 18.1. The van der Waals surface area contributed by atoms with E-state index < -0.39 is 36.4 Å². The first kappa shape index (κ1) is 24.5. The zero-order chi connectivity index (χ0) is 23.0. The highest BCUT2D eigenvalue weighted by Crippen LogP contribution is 2.34. The molecule has 3 atom stereocenters. The molecule has 1 N–H and O–H groups in total. The largest absolute Gasteiger partial charge is 0.465 e. The second-order valence-corrected chi connectivity index (χ2v) is 7.68. The number of aliphatic hydroxyl groups is 1. The predicted octanol–water partition coefficient (Wildman–Crippen LogP) is 3.61. The summed E-state index contributed by atoms with van der Waals surface area (Å²) in [6.07, 6.45) is 3.13. The summed E-state index contributed by atoms with van der Waals surface area (Å²) in [5.74, 6) is 0.675. The molecule has 0 aromatic heterocycles. The maximum atomic E-state index is 14.1. The molecule has 0 spiro atoms. The van der Waals surface area contributed by atoms with E-state index in [1.165, 1.54) is 19.3 Å². The lowest BCUT2D eigenvalue weighted by Gasteiger charge is -2.22. The van der Waals surface area contributed by atoms with Gasteiger partial charge < -0.3 is 14.7 Å². The van der Waals surface area contributed by atoms with Crippen molar-refractivity contribution in [3.63, 3.8) is 0 Å². The number of carbonyl (C=O) groups excluding carboxylic acids is 2. The molecule has 7 heteroatoms. The fraction of sp³-hybridized carbons (Fsp3) is 0.500. The topological polar surface area (TPSA) is 66.8 Å². The smallest absolute Gasteiger partial charge is 0.337 e. The molecule has 1 aliphatic heterocycles. The minimum absolute atomic E-state index is 0.106. The lowest BCUT2D eigenvalue weighted by atomic mass is 9.99. The first-order valence-electron chi connectivity index (χ1n) is 10.4. The number of amides is 1. The van der Waals surface area contributed by atoms with E-state index in [1.54, 1.807) is 24.3 Å². The van der Waals surface area contributed by atoms with Gasteiger partial charge in [0, 0.05) is 25.8 Å². The highest BCUT2D eigenvalue weighted by molar-refractivity contribution is 5.89. The molecule has 1 aromatic carbocycles. The summed E-state index contributed by atoms with van der Waals surface area (Å²) in [6, 6.07) is 5.81. The summed E-state index contributed by atoms with van der Waals surface area (Å²) in [5, 5.41) is 10.3. The average molecular weight is 433 g/mol. The minimum atomic E-state index is -3.42. The van der Waals surface area contributed by atoms with Gasteiger partial charge in [0.1, 0.15) is 0 Å². The number of halogens is 2. The Kier molecular flexibility index (Phi) is 8.76. The monoisotopic (exact) mass is 433 g/mol. The number of hydrogen-bond donors (Lipinski definition) is 1. The molecular formula is C24H29F2NO4. The molecule has 1 aliphatic rings. The van der Waals surface area contributed by atoms with Crippen molar-refractivity contribution >= 4 is 11.9 Å². The number of nitrogens with zero attached hydrogens (tertiary/aromatic N) is 1. The van der Waals surface area contributed by atoms with Crippen molar-refractivity contribution in [2.45, 2.75) is 57.6 Å². The van der Waals surface area contributed by atoms with Crippen LogP contribution in [0, 0.1) is 17.8 Å². The van der Waals surface area contributed by atoms with E-state index in [0.717, 1.165) is 16.9 Å². The lowest BCUT2D eigenvalue weighted by molar-refractivity contribution is -0.148. The molecule has 2 rings (SSSR count). The Bertz CT molecular complexity index is 855. The fourth-order valence-electron chi connectivity index (χ4n) is 3.35. The van der Waals surface area contributed by atoms with E-state index in [4.69, 9.17) is 0 Å². The molecule has 0 bridgehead atoms. The summed E-state index contributed by atoms with van der Waals surface area (Å²) in [6.45, 7) is 3.88. The Hall–Kier alpha value is -2.72. The molecule has 1 amide bonds. The van der Waals surface area contributed by atoms with Gasteiger partial charge in [0.2, 0.25) is 0 Å². The molecule has 0 radical (unpaired) electrons. The number of ether oxygens (including phenoxy) is 1. The molecule has 1 fully saturated rings. The predicted molar refractivity (Wildman–Crippen MR) is 114 cm³/mol. The second-order valence-electron chi connectivity index (χ2n) is 7.68. The van der Waals surface area contributed by atoms with E-state index in [-0.39, 0.29) is 12.5 Å². The maximum absolute atomic E-state index is 14.1. The van der Waals surface area contributed by atoms with Gasteiger partial charge in [-0.25, -0.2) is 4.79 Å². The average Bonchev–Trinajstić information content (AvgIpc) is 2.98. The van der Waals surface area contributed by atoms with Crippen LogP contribution in [0.1, 0.15) is 49.0 Å². The van der Waals surface area contributed by atoms with Gasteiger partial charge in [0.25, 0.3) is 5.91 Å². The zero-order valence-corrected chi connectivity index (χ0v) is 18.1. The lowest BCUT2D eigenvalue weighted by Crippen LogP contribution is -2.37. The molecule has 1 saturated heterocycles. The summed E-state index contributed by atoms with van der Waals surface area (Å²) >= 11 is 0. The van der Waals surface area contributed by atoms with Crippen molar-refractivity contribution in [3.8, 4) is 11.8 Å². The van der Waals surface area contributed by atoms with Crippen LogP contribution < -0.4 is 0 Å². The van der Waals surface area contributed by atoms with Crippen LogP contribution in [0.2, 0.25) is 0 Å². The van der Waals surface area contributed by atoms with Gasteiger partial charge in [-0.15, -0.1) is 11.8 Å². The second kappa shape index (κ2) is 11.1. The SMILES string of the molecule is CCC#CCC(C)C(O)/C=C/[C@H]1CC(F)(F)C(=O)N1CCc1ccc(C(=O)OC)cc1. The number of alkyl halides is 2. The number of methoxy groups -OCH3 is 1. The van der Waals surface area contributed by atoms with Crippen molar-refractivity contribution in [1.82, 2.24) is 4.90 Å². The molecule has 5 nitrogen and oxygen atoms in total. The van der Waals surface area contributed by atoms with Crippen molar-refractivity contribution in [3.05, 3.63) is 47.5 Å². The number of aliphatic hydroxyl groups excluding tert-OH is 1. The number of benzene rings is 1. The third-order valence-corrected chi connectivity index (χ3v) is 5.30. The van der Waals surface area contributed by atoms with E-state index in [0.29, 0.717) is 18.4 Å². The first-order chi connectivity index (χ1) is 14.7. The standard InChI is InChI=1S/C24H29F2NO4/c1-4-5-6-7-17(2)21(28)13-12-20-16-24(25,26)23(30)27(20)15-14-18-8-10-19(11-9-18)22(29)31-3/h8-13,17,20-21,28H,4,7,14-16H2,1-3H3/b13-12+/t17?,20-,21?/m0/s1. The summed E-state index contributed by atoms with van der Waals surface area (Å²) in [4.78, 5) is 24.8. The van der Waals surface area contributed by atoms with Crippen molar-refractivity contribution in [2.75, 3.05) is 13.7 Å². The Labute approximate surface area is 182 Å². The quantitative estimate of drug-likeness (QED) is 0.386. The fourth-order valence-corrected chi connectivity index (χ4v) is 3.35. The van der Waals surface area contributed by atoms with Crippen LogP contribution in [0.5, 0.6) is 0 Å². The molecule has 1 aromatic rings. The highest BCUT2D eigenvalue weighted by atomic mass is 19.3. The van der Waals surface area contributed by atoms with Crippen molar-refractivity contribution < 1.29 is 28.2 Å². The molecule has 31 heavy (non-hydrogen) atoms. The van der Waals surface area contributed by atoms with Crippen LogP contribution in [0.15, 0.2) is 36.4 Å². The van der Waals surface area contributed by atoms with Gasteiger partial charge in [0.15, 0.2) is 0 Å². The van der Waals surface area contributed by atoms with Crippen molar-refractivity contribution in [2.24, 2.45) is 5.92 Å². The van der Waals surface area contributed by atoms with Crippen LogP contribution in [-0.2, 0) is 16.0 Å². The third-order valence-electron chi connectivity index (χ3n) is 5.30. The van der Waals surface area contributed by atoms with E-state index in [2.05, 4.69) is 16.6 Å². The molecular weight excluding hydrogens is 404 g/mol. The summed E-state index contributed by atoms with van der Waals surface area (Å²) in [5.41, 5.74) is 1.20. The number of rotatable bonds is 8. The first-order valence-corrected chi connectivity index (χ1v) is 10.4. The normalized spacial score (nSPS) is 19.7. The Morgan fingerprint density at radius 2 is 2.03 bits per heavy atom. The minimum Gasteiger partial charge on any atom is -0.465 e. The molecule has 0 aliphatic carbocycles. The van der Waals surface area contributed by atoms with Crippen LogP contribution in [0.4, 0.5) is 8.78 Å². The van der Waals surface area contributed by atoms with Gasteiger partial charge >= 0.3 is 11.9 Å². The number of hydrogen-bond acceptors (Lipinski definition) is 4. The molecule has 168 valence electrons. The van der Waals surface area contributed by atoms with E-state index >= 15 is 0 Å². The van der Waals surface area contributed by atoms with Crippen LogP contribution >= 0.6 is 0 Å². The molecule has 1 heterocycles. The van der Waals surface area contributed by atoms with Crippen molar-refractivity contribution in [1.29, 1.82) is 0 Å². The summed E-state index contributed by atoms with van der Waals surface area (Å²) < 4.78 is 32.8. The molecule has 0 saturated carbocycles. The number of esters is 1. The van der Waals surface area contributed by atoms with Crippen LogP contribution in [-0.4, -0.2) is 53.6 Å². The van der Waals surface area contributed by atoms with E-state index in [1.807, 2.05) is 13.8 Å². The Morgan fingerprint density at radius 1 is 1.35 bits per heavy atom. The molecule has 2 unspecified atom stereocenters.